The Kier molecular flexibility index (Phi) is 5.93. The van der Waals surface area contributed by atoms with E-state index in [-0.39, 0.29) is 11.9 Å². The summed E-state index contributed by atoms with van der Waals surface area (Å²) in [7, 11) is 0. The number of rotatable bonds is 5. The van der Waals surface area contributed by atoms with E-state index in [4.69, 9.17) is 9.47 Å². The fourth-order valence-electron chi connectivity index (χ4n) is 3.31. The van der Waals surface area contributed by atoms with Crippen LogP contribution in [0, 0.1) is 5.92 Å². The minimum absolute atomic E-state index is 0.151. The van der Waals surface area contributed by atoms with Gasteiger partial charge in [0, 0.05) is 44.8 Å². The van der Waals surface area contributed by atoms with E-state index in [0.29, 0.717) is 32.1 Å². The molecule has 1 aromatic heterocycles. The highest BCUT2D eigenvalue weighted by atomic mass is 16.5. The van der Waals surface area contributed by atoms with Gasteiger partial charge in [-0.2, -0.15) is 0 Å². The Morgan fingerprint density at radius 3 is 2.87 bits per heavy atom. The third-order valence-corrected chi connectivity index (χ3v) is 4.70. The zero-order chi connectivity index (χ0) is 15.9. The Labute approximate surface area is 137 Å². The van der Waals surface area contributed by atoms with E-state index in [2.05, 4.69) is 9.97 Å². The molecular weight excluding hydrogens is 294 g/mol. The van der Waals surface area contributed by atoms with Gasteiger partial charge in [-0.15, -0.1) is 0 Å². The summed E-state index contributed by atoms with van der Waals surface area (Å²) in [6, 6.07) is 0.151. The van der Waals surface area contributed by atoms with Crippen LogP contribution in [-0.4, -0.2) is 59.8 Å². The maximum absolute atomic E-state index is 12.7. The van der Waals surface area contributed by atoms with Gasteiger partial charge in [0.25, 0.3) is 0 Å². The van der Waals surface area contributed by atoms with Crippen LogP contribution in [0.25, 0.3) is 0 Å². The molecule has 0 spiro atoms. The molecule has 2 fully saturated rings. The van der Waals surface area contributed by atoms with Crippen LogP contribution < -0.4 is 0 Å². The Morgan fingerprint density at radius 1 is 1.22 bits per heavy atom. The molecule has 2 aliphatic rings. The number of carbonyl (C=O) groups is 1. The molecule has 1 unspecified atom stereocenters. The summed E-state index contributed by atoms with van der Waals surface area (Å²) in [5.41, 5.74) is 0.968. The van der Waals surface area contributed by atoms with Crippen molar-refractivity contribution in [1.82, 2.24) is 14.9 Å². The van der Waals surface area contributed by atoms with Crippen LogP contribution in [0.4, 0.5) is 0 Å². The molecule has 6 nitrogen and oxygen atoms in total. The monoisotopic (exact) mass is 319 g/mol. The van der Waals surface area contributed by atoms with E-state index < -0.39 is 0 Å². The molecule has 126 valence electrons. The maximum Gasteiger partial charge on any atom is 0.223 e. The summed E-state index contributed by atoms with van der Waals surface area (Å²) >= 11 is 0. The zero-order valence-electron chi connectivity index (χ0n) is 13.5. The van der Waals surface area contributed by atoms with Gasteiger partial charge in [0.05, 0.1) is 24.9 Å². The SMILES string of the molecule is O=C(CC1CCOCC1)N1CCOCC1CCc1cnccn1. The van der Waals surface area contributed by atoms with Gasteiger partial charge in [0.1, 0.15) is 0 Å². The molecule has 6 heteroatoms. The summed E-state index contributed by atoms with van der Waals surface area (Å²) in [4.78, 5) is 23.1. The number of morpholine rings is 1. The predicted molar refractivity (Wildman–Crippen MR) is 84.8 cm³/mol. The molecule has 2 saturated heterocycles. The molecule has 23 heavy (non-hydrogen) atoms. The van der Waals surface area contributed by atoms with Crippen molar-refractivity contribution in [3.05, 3.63) is 24.3 Å². The minimum atomic E-state index is 0.151. The van der Waals surface area contributed by atoms with Crippen molar-refractivity contribution >= 4 is 5.91 Å². The molecule has 0 aromatic carbocycles. The van der Waals surface area contributed by atoms with Crippen molar-refractivity contribution in [2.24, 2.45) is 5.92 Å². The summed E-state index contributed by atoms with van der Waals surface area (Å²) < 4.78 is 11.0. The average molecular weight is 319 g/mol. The van der Waals surface area contributed by atoms with Crippen molar-refractivity contribution in [1.29, 1.82) is 0 Å². The molecule has 3 heterocycles. The van der Waals surface area contributed by atoms with Crippen molar-refractivity contribution in [3.63, 3.8) is 0 Å². The fourth-order valence-corrected chi connectivity index (χ4v) is 3.31. The Bertz CT molecular complexity index is 491. The van der Waals surface area contributed by atoms with Gasteiger partial charge in [0.15, 0.2) is 0 Å². The van der Waals surface area contributed by atoms with E-state index in [0.717, 1.165) is 44.6 Å². The lowest BCUT2D eigenvalue weighted by Gasteiger charge is -2.37. The lowest BCUT2D eigenvalue weighted by Crippen LogP contribution is -2.49. The smallest absolute Gasteiger partial charge is 0.223 e. The predicted octanol–water partition coefficient (Wildman–Crippen LogP) is 1.45. The molecule has 1 aromatic rings. The molecule has 1 atom stereocenters. The second-order valence-corrected chi connectivity index (χ2v) is 6.31. The van der Waals surface area contributed by atoms with Crippen molar-refractivity contribution < 1.29 is 14.3 Å². The van der Waals surface area contributed by atoms with Crippen LogP contribution >= 0.6 is 0 Å². The van der Waals surface area contributed by atoms with Crippen LogP contribution in [0.5, 0.6) is 0 Å². The lowest BCUT2D eigenvalue weighted by atomic mass is 9.95. The van der Waals surface area contributed by atoms with Crippen LogP contribution in [-0.2, 0) is 20.7 Å². The van der Waals surface area contributed by atoms with Crippen LogP contribution in [0.15, 0.2) is 18.6 Å². The highest BCUT2D eigenvalue weighted by Crippen LogP contribution is 2.22. The zero-order valence-corrected chi connectivity index (χ0v) is 13.5. The first-order valence-electron chi connectivity index (χ1n) is 8.53. The molecule has 0 radical (unpaired) electrons. The first kappa shape index (κ1) is 16.3. The molecule has 0 N–H and O–H groups in total. The first-order valence-corrected chi connectivity index (χ1v) is 8.53. The number of amides is 1. The number of hydrogen-bond acceptors (Lipinski definition) is 5. The van der Waals surface area contributed by atoms with Gasteiger partial charge >= 0.3 is 0 Å². The van der Waals surface area contributed by atoms with E-state index in [9.17, 15) is 4.79 Å². The lowest BCUT2D eigenvalue weighted by molar-refractivity contribution is -0.141. The summed E-state index contributed by atoms with van der Waals surface area (Å²) in [5, 5.41) is 0. The van der Waals surface area contributed by atoms with Crippen LogP contribution in [0.2, 0.25) is 0 Å². The molecule has 1 amide bonds. The van der Waals surface area contributed by atoms with Crippen molar-refractivity contribution in [3.8, 4) is 0 Å². The van der Waals surface area contributed by atoms with E-state index in [1.54, 1.807) is 18.6 Å². The van der Waals surface area contributed by atoms with Gasteiger partial charge in [-0.3, -0.25) is 14.8 Å². The van der Waals surface area contributed by atoms with E-state index in [1.807, 2.05) is 4.90 Å². The van der Waals surface area contributed by atoms with Crippen molar-refractivity contribution in [2.45, 2.75) is 38.1 Å². The van der Waals surface area contributed by atoms with Gasteiger partial charge in [-0.05, 0) is 31.6 Å². The normalized spacial score (nSPS) is 23.0. The third kappa shape index (κ3) is 4.72. The number of ether oxygens (including phenoxy) is 2. The van der Waals surface area contributed by atoms with Crippen molar-refractivity contribution in [2.75, 3.05) is 33.0 Å². The van der Waals surface area contributed by atoms with Gasteiger partial charge in [0.2, 0.25) is 5.91 Å². The summed E-state index contributed by atoms with van der Waals surface area (Å²) in [6.07, 6.45) is 9.52. The second kappa shape index (κ2) is 8.36. The Morgan fingerprint density at radius 2 is 2.09 bits per heavy atom. The number of nitrogens with zero attached hydrogens (tertiary/aromatic N) is 3. The van der Waals surface area contributed by atoms with Crippen LogP contribution in [0.3, 0.4) is 0 Å². The molecule has 2 aliphatic heterocycles. The highest BCUT2D eigenvalue weighted by molar-refractivity contribution is 5.77. The van der Waals surface area contributed by atoms with Gasteiger partial charge in [-0.25, -0.2) is 0 Å². The quantitative estimate of drug-likeness (QED) is 0.822. The second-order valence-electron chi connectivity index (χ2n) is 6.31. The standard InChI is InChI=1S/C17H25N3O3/c21-17(11-14-3-8-22-9-4-14)20-7-10-23-13-16(20)2-1-15-12-18-5-6-19-15/h5-6,12,14,16H,1-4,7-11,13H2. The number of carbonyl (C=O) groups excluding carboxylic acids is 1. The fraction of sp³-hybridized carbons (Fsp3) is 0.706. The topological polar surface area (TPSA) is 64.5 Å². The summed E-state index contributed by atoms with van der Waals surface area (Å²) in [5.74, 6) is 0.740. The van der Waals surface area contributed by atoms with Crippen LogP contribution in [0.1, 0.15) is 31.4 Å². The number of aromatic nitrogens is 2. The average Bonchev–Trinajstić information content (AvgIpc) is 2.62. The Hall–Kier alpha value is -1.53. The molecule has 3 rings (SSSR count). The number of aryl methyl sites for hydroxylation is 1. The van der Waals surface area contributed by atoms with Gasteiger partial charge < -0.3 is 14.4 Å². The molecule has 0 saturated carbocycles. The third-order valence-electron chi connectivity index (χ3n) is 4.70. The summed E-state index contributed by atoms with van der Waals surface area (Å²) in [6.45, 7) is 3.54. The van der Waals surface area contributed by atoms with E-state index in [1.165, 1.54) is 0 Å². The molecule has 0 bridgehead atoms. The van der Waals surface area contributed by atoms with E-state index >= 15 is 0 Å². The largest absolute Gasteiger partial charge is 0.381 e. The minimum Gasteiger partial charge on any atom is -0.381 e. The Balaban J connectivity index is 1.53. The first-order chi connectivity index (χ1) is 11.3. The number of hydrogen-bond donors (Lipinski definition) is 0. The molecular formula is C17H25N3O3. The maximum atomic E-state index is 12.7. The highest BCUT2D eigenvalue weighted by Gasteiger charge is 2.29. The van der Waals surface area contributed by atoms with Gasteiger partial charge in [-0.1, -0.05) is 0 Å². The molecule has 0 aliphatic carbocycles.